The number of aromatic amines is 1. The average molecular weight is 189 g/mol. The molecule has 14 heavy (non-hydrogen) atoms. The highest BCUT2D eigenvalue weighted by atomic mass is 16.5. The molecule has 1 aromatic carbocycles. The SMILES string of the molecule is Oc1cccc(OCc2ccc[nH]2)c1. The lowest BCUT2D eigenvalue weighted by atomic mass is 10.3. The van der Waals surface area contributed by atoms with Crippen LogP contribution in [0.5, 0.6) is 11.5 Å². The Morgan fingerprint density at radius 3 is 2.86 bits per heavy atom. The first-order valence-corrected chi connectivity index (χ1v) is 4.39. The van der Waals surface area contributed by atoms with Gasteiger partial charge in [-0.15, -0.1) is 0 Å². The van der Waals surface area contributed by atoms with E-state index in [4.69, 9.17) is 4.74 Å². The van der Waals surface area contributed by atoms with Gasteiger partial charge in [0.05, 0.1) is 5.69 Å². The Hall–Kier alpha value is -1.90. The molecule has 0 fully saturated rings. The number of ether oxygens (including phenoxy) is 1. The Bertz CT molecular complexity index is 395. The van der Waals surface area contributed by atoms with Crippen LogP contribution in [0.25, 0.3) is 0 Å². The van der Waals surface area contributed by atoms with E-state index in [1.54, 1.807) is 18.2 Å². The summed E-state index contributed by atoms with van der Waals surface area (Å²) in [5, 5.41) is 9.18. The second-order valence-corrected chi connectivity index (χ2v) is 2.98. The highest BCUT2D eigenvalue weighted by molar-refractivity contribution is 5.31. The number of hydrogen-bond acceptors (Lipinski definition) is 2. The topological polar surface area (TPSA) is 45.2 Å². The standard InChI is InChI=1S/C11H11NO2/c13-10-4-1-5-11(7-10)14-8-9-3-2-6-12-9/h1-7,12-13H,8H2. The fourth-order valence-electron chi connectivity index (χ4n) is 1.19. The summed E-state index contributed by atoms with van der Waals surface area (Å²) in [5.74, 6) is 0.883. The van der Waals surface area contributed by atoms with Crippen molar-refractivity contribution in [2.24, 2.45) is 0 Å². The minimum absolute atomic E-state index is 0.217. The summed E-state index contributed by atoms with van der Waals surface area (Å²) in [4.78, 5) is 3.03. The van der Waals surface area contributed by atoms with Crippen LogP contribution >= 0.6 is 0 Å². The van der Waals surface area contributed by atoms with Gasteiger partial charge in [0, 0.05) is 12.3 Å². The largest absolute Gasteiger partial charge is 0.508 e. The molecule has 1 heterocycles. The Kier molecular flexibility index (Phi) is 2.40. The summed E-state index contributed by atoms with van der Waals surface area (Å²) in [6.07, 6.45) is 1.85. The summed E-state index contributed by atoms with van der Waals surface area (Å²) in [6.45, 7) is 0.483. The van der Waals surface area contributed by atoms with E-state index in [1.807, 2.05) is 24.4 Å². The van der Waals surface area contributed by atoms with Gasteiger partial charge >= 0.3 is 0 Å². The highest BCUT2D eigenvalue weighted by Crippen LogP contribution is 2.18. The summed E-state index contributed by atoms with van der Waals surface area (Å²) in [7, 11) is 0. The number of nitrogens with one attached hydrogen (secondary N) is 1. The average Bonchev–Trinajstić information content (AvgIpc) is 2.67. The van der Waals surface area contributed by atoms with E-state index >= 15 is 0 Å². The van der Waals surface area contributed by atoms with E-state index < -0.39 is 0 Å². The quantitative estimate of drug-likeness (QED) is 0.778. The molecule has 0 aliphatic rings. The molecule has 2 aromatic rings. The number of benzene rings is 1. The summed E-state index contributed by atoms with van der Waals surface area (Å²) in [6, 6.07) is 10.6. The van der Waals surface area contributed by atoms with Crippen LogP contribution in [0.2, 0.25) is 0 Å². The van der Waals surface area contributed by atoms with Gasteiger partial charge in [-0.1, -0.05) is 6.07 Å². The van der Waals surface area contributed by atoms with Gasteiger partial charge in [-0.25, -0.2) is 0 Å². The maximum absolute atomic E-state index is 9.18. The maximum Gasteiger partial charge on any atom is 0.128 e. The van der Waals surface area contributed by atoms with E-state index in [2.05, 4.69) is 4.98 Å². The molecule has 0 radical (unpaired) electrons. The van der Waals surface area contributed by atoms with Crippen molar-refractivity contribution in [2.75, 3.05) is 0 Å². The first kappa shape index (κ1) is 8.69. The van der Waals surface area contributed by atoms with Crippen molar-refractivity contribution in [3.8, 4) is 11.5 Å². The first-order chi connectivity index (χ1) is 6.84. The molecule has 1 aromatic heterocycles. The fraction of sp³-hybridized carbons (Fsp3) is 0.0909. The second kappa shape index (κ2) is 3.87. The molecule has 2 rings (SSSR count). The van der Waals surface area contributed by atoms with E-state index in [1.165, 1.54) is 0 Å². The molecular formula is C11H11NO2. The van der Waals surface area contributed by atoms with Gasteiger partial charge in [0.15, 0.2) is 0 Å². The van der Waals surface area contributed by atoms with Crippen molar-refractivity contribution < 1.29 is 9.84 Å². The zero-order chi connectivity index (χ0) is 9.80. The predicted octanol–water partition coefficient (Wildman–Crippen LogP) is 2.30. The summed E-state index contributed by atoms with van der Waals surface area (Å²) >= 11 is 0. The zero-order valence-electron chi connectivity index (χ0n) is 7.60. The molecule has 0 saturated carbocycles. The number of phenols is 1. The molecule has 3 nitrogen and oxygen atoms in total. The number of aromatic nitrogens is 1. The lowest BCUT2D eigenvalue weighted by Crippen LogP contribution is -1.94. The normalized spacial score (nSPS) is 10.0. The smallest absolute Gasteiger partial charge is 0.128 e. The Labute approximate surface area is 82.0 Å². The van der Waals surface area contributed by atoms with Crippen LogP contribution in [-0.4, -0.2) is 10.1 Å². The van der Waals surface area contributed by atoms with Crippen LogP contribution < -0.4 is 4.74 Å². The molecule has 0 spiro atoms. The summed E-state index contributed by atoms with van der Waals surface area (Å²) in [5.41, 5.74) is 1.01. The Morgan fingerprint density at radius 2 is 2.14 bits per heavy atom. The van der Waals surface area contributed by atoms with E-state index in [-0.39, 0.29) is 5.75 Å². The number of phenolic OH excluding ortho intramolecular Hbond substituents is 1. The lowest BCUT2D eigenvalue weighted by Gasteiger charge is -2.04. The highest BCUT2D eigenvalue weighted by Gasteiger charge is 1.96. The molecule has 0 aliphatic heterocycles. The second-order valence-electron chi connectivity index (χ2n) is 2.98. The third-order valence-corrected chi connectivity index (χ3v) is 1.87. The van der Waals surface area contributed by atoms with Crippen LogP contribution in [0, 0.1) is 0 Å². The van der Waals surface area contributed by atoms with Crippen molar-refractivity contribution in [3.63, 3.8) is 0 Å². The van der Waals surface area contributed by atoms with Crippen LogP contribution in [0.4, 0.5) is 0 Å². The van der Waals surface area contributed by atoms with Gasteiger partial charge in [0.2, 0.25) is 0 Å². The van der Waals surface area contributed by atoms with Gasteiger partial charge in [0.25, 0.3) is 0 Å². The van der Waals surface area contributed by atoms with Gasteiger partial charge < -0.3 is 14.8 Å². The molecule has 0 unspecified atom stereocenters. The number of hydrogen-bond donors (Lipinski definition) is 2. The number of rotatable bonds is 3. The van der Waals surface area contributed by atoms with Gasteiger partial charge in [0.1, 0.15) is 18.1 Å². The van der Waals surface area contributed by atoms with Gasteiger partial charge in [-0.2, -0.15) is 0 Å². The van der Waals surface area contributed by atoms with E-state index in [0.29, 0.717) is 12.4 Å². The van der Waals surface area contributed by atoms with Gasteiger partial charge in [-0.3, -0.25) is 0 Å². The minimum atomic E-state index is 0.217. The Morgan fingerprint density at radius 1 is 1.21 bits per heavy atom. The van der Waals surface area contributed by atoms with Crippen molar-refractivity contribution in [2.45, 2.75) is 6.61 Å². The molecule has 0 bridgehead atoms. The third kappa shape index (κ3) is 2.07. The summed E-state index contributed by atoms with van der Waals surface area (Å²) < 4.78 is 5.44. The lowest BCUT2D eigenvalue weighted by molar-refractivity contribution is 0.300. The molecule has 0 amide bonds. The number of aromatic hydroxyl groups is 1. The molecular weight excluding hydrogens is 178 g/mol. The Balaban J connectivity index is 1.98. The maximum atomic E-state index is 9.18. The van der Waals surface area contributed by atoms with Crippen molar-refractivity contribution >= 4 is 0 Å². The van der Waals surface area contributed by atoms with Crippen molar-refractivity contribution in [1.29, 1.82) is 0 Å². The van der Waals surface area contributed by atoms with Gasteiger partial charge in [-0.05, 0) is 24.3 Å². The van der Waals surface area contributed by atoms with Crippen LogP contribution in [-0.2, 0) is 6.61 Å². The van der Waals surface area contributed by atoms with E-state index in [9.17, 15) is 5.11 Å². The zero-order valence-corrected chi connectivity index (χ0v) is 7.60. The fourth-order valence-corrected chi connectivity index (χ4v) is 1.19. The monoisotopic (exact) mass is 189 g/mol. The predicted molar refractivity (Wildman–Crippen MR) is 53.2 cm³/mol. The molecule has 2 N–H and O–H groups in total. The minimum Gasteiger partial charge on any atom is -0.508 e. The van der Waals surface area contributed by atoms with Crippen molar-refractivity contribution in [1.82, 2.24) is 4.98 Å². The number of H-pyrrole nitrogens is 1. The van der Waals surface area contributed by atoms with E-state index in [0.717, 1.165) is 5.69 Å². The van der Waals surface area contributed by atoms with Crippen LogP contribution in [0.3, 0.4) is 0 Å². The van der Waals surface area contributed by atoms with Crippen molar-refractivity contribution in [3.05, 3.63) is 48.3 Å². The molecule has 3 heteroatoms. The van der Waals surface area contributed by atoms with Crippen LogP contribution in [0.1, 0.15) is 5.69 Å². The molecule has 72 valence electrons. The molecule has 0 aliphatic carbocycles. The third-order valence-electron chi connectivity index (χ3n) is 1.87. The first-order valence-electron chi connectivity index (χ1n) is 4.39. The molecule has 0 atom stereocenters. The van der Waals surface area contributed by atoms with Crippen LogP contribution in [0.15, 0.2) is 42.6 Å². The molecule has 0 saturated heterocycles.